The molecule has 1 aromatic rings. The smallest absolute Gasteiger partial charge is 0.236 e. The number of allylic oxidation sites excluding steroid dienone is 2. The van der Waals surface area contributed by atoms with Crippen LogP contribution >= 0.6 is 15.9 Å². The summed E-state index contributed by atoms with van der Waals surface area (Å²) < 4.78 is 0.930. The lowest BCUT2D eigenvalue weighted by atomic mass is 9.81. The maximum absolute atomic E-state index is 13.0. The van der Waals surface area contributed by atoms with E-state index >= 15 is 0 Å². The molecule has 3 aliphatic rings. The van der Waals surface area contributed by atoms with E-state index in [0.29, 0.717) is 5.69 Å². The molecule has 4 atom stereocenters. The second-order valence-electron chi connectivity index (χ2n) is 7.40. The minimum Gasteiger partial charge on any atom is -0.368 e. The van der Waals surface area contributed by atoms with Gasteiger partial charge in [-0.05, 0) is 54.4 Å². The Morgan fingerprint density at radius 3 is 2.15 bits per heavy atom. The first kappa shape index (κ1) is 17.3. The Kier molecular flexibility index (Phi) is 4.14. The van der Waals surface area contributed by atoms with Crippen LogP contribution in [0, 0.1) is 29.1 Å². The van der Waals surface area contributed by atoms with E-state index in [2.05, 4.69) is 38.7 Å². The van der Waals surface area contributed by atoms with Crippen LogP contribution in [0.25, 0.3) is 0 Å². The zero-order valence-corrected chi connectivity index (χ0v) is 15.7. The first-order chi connectivity index (χ1) is 12.4. The molecule has 4 N–H and O–H groups in total. The molecule has 3 amide bonds. The summed E-state index contributed by atoms with van der Waals surface area (Å²) in [4.78, 5) is 36.8. The Morgan fingerprint density at radius 2 is 1.62 bits per heavy atom. The number of nitrogens with one attached hydrogen (secondary N) is 2. The van der Waals surface area contributed by atoms with Gasteiger partial charge in [0.25, 0.3) is 0 Å². The summed E-state index contributed by atoms with van der Waals surface area (Å²) in [5.41, 5.74) is 5.89. The van der Waals surface area contributed by atoms with Gasteiger partial charge in [-0.15, -0.1) is 0 Å². The van der Waals surface area contributed by atoms with E-state index in [1.807, 2.05) is 24.3 Å². The molecular formula is C19H20BrN3O3. The topological polar surface area (TPSA) is 101 Å². The number of amides is 3. The number of rotatable bonds is 5. The summed E-state index contributed by atoms with van der Waals surface area (Å²) in [7, 11) is 0. The molecule has 2 bridgehead atoms. The normalized spacial score (nSPS) is 29.6. The summed E-state index contributed by atoms with van der Waals surface area (Å²) in [6, 6.07) is 7.35. The fourth-order valence-corrected chi connectivity index (χ4v) is 5.02. The Hall–Kier alpha value is -2.15. The van der Waals surface area contributed by atoms with E-state index in [-0.39, 0.29) is 35.6 Å². The second kappa shape index (κ2) is 6.23. The monoisotopic (exact) mass is 417 g/mol. The highest BCUT2D eigenvalue weighted by molar-refractivity contribution is 9.10. The molecule has 0 saturated heterocycles. The van der Waals surface area contributed by atoms with Crippen molar-refractivity contribution in [2.24, 2.45) is 34.8 Å². The predicted molar refractivity (Wildman–Crippen MR) is 99.7 cm³/mol. The molecule has 0 aromatic heterocycles. The molecule has 2 saturated carbocycles. The standard InChI is InChI=1S/C19H20BrN3O3/c20-10-1-3-11(4-2-10)23-18(26)16-13-6-5-12(19(13)7-8-19)15(16)17(25)22-9-14(21)24/h1-6,12-13,15-16H,7-9H2,(H2,21,24)(H,22,25)(H,23,26)/t12-,13+,15-,16-/m1/s1. The lowest BCUT2D eigenvalue weighted by molar-refractivity contribution is -0.133. The summed E-state index contributed by atoms with van der Waals surface area (Å²) in [5.74, 6) is -1.74. The Balaban J connectivity index is 1.56. The maximum Gasteiger partial charge on any atom is 0.236 e. The van der Waals surface area contributed by atoms with Crippen molar-refractivity contribution in [3.63, 3.8) is 0 Å². The van der Waals surface area contributed by atoms with E-state index in [4.69, 9.17) is 5.73 Å². The van der Waals surface area contributed by atoms with Gasteiger partial charge in [-0.2, -0.15) is 0 Å². The van der Waals surface area contributed by atoms with Crippen molar-refractivity contribution in [2.75, 3.05) is 11.9 Å². The molecule has 7 heteroatoms. The van der Waals surface area contributed by atoms with Crippen LogP contribution in [-0.4, -0.2) is 24.3 Å². The highest BCUT2D eigenvalue weighted by Gasteiger charge is 2.69. The second-order valence-corrected chi connectivity index (χ2v) is 8.32. The van der Waals surface area contributed by atoms with Crippen molar-refractivity contribution in [2.45, 2.75) is 12.8 Å². The first-order valence-electron chi connectivity index (χ1n) is 8.73. The van der Waals surface area contributed by atoms with Crippen LogP contribution in [0.4, 0.5) is 5.69 Å². The van der Waals surface area contributed by atoms with Gasteiger partial charge in [0.05, 0.1) is 18.4 Å². The SMILES string of the molecule is NC(=O)CNC(=O)[C@H]1[C@H](C(=O)Nc2ccc(Br)cc2)[C@@H]2C=C[C@H]1C21CC1. The quantitative estimate of drug-likeness (QED) is 0.636. The van der Waals surface area contributed by atoms with Crippen LogP contribution in [0.2, 0.25) is 0 Å². The van der Waals surface area contributed by atoms with E-state index in [1.54, 1.807) is 0 Å². The Bertz CT molecular complexity index is 801. The van der Waals surface area contributed by atoms with Gasteiger partial charge in [0.2, 0.25) is 17.7 Å². The van der Waals surface area contributed by atoms with Crippen molar-refractivity contribution >= 4 is 39.3 Å². The molecule has 0 unspecified atom stereocenters. The Morgan fingerprint density at radius 1 is 1.04 bits per heavy atom. The highest BCUT2D eigenvalue weighted by Crippen LogP contribution is 2.72. The van der Waals surface area contributed by atoms with Crippen molar-refractivity contribution in [3.05, 3.63) is 40.9 Å². The van der Waals surface area contributed by atoms with Gasteiger partial charge in [-0.3, -0.25) is 14.4 Å². The van der Waals surface area contributed by atoms with Gasteiger partial charge in [0.15, 0.2) is 0 Å². The molecule has 4 rings (SSSR count). The van der Waals surface area contributed by atoms with Gasteiger partial charge in [0.1, 0.15) is 0 Å². The summed E-state index contributed by atoms with van der Waals surface area (Å²) >= 11 is 3.37. The fraction of sp³-hybridized carbons (Fsp3) is 0.421. The highest BCUT2D eigenvalue weighted by atomic mass is 79.9. The molecule has 0 radical (unpaired) electrons. The van der Waals surface area contributed by atoms with Crippen LogP contribution in [0.15, 0.2) is 40.9 Å². The maximum atomic E-state index is 13.0. The van der Waals surface area contributed by atoms with E-state index in [9.17, 15) is 14.4 Å². The number of hydrogen-bond acceptors (Lipinski definition) is 3. The minimum absolute atomic E-state index is 0.0520. The average Bonchev–Trinajstić information content (AvgIpc) is 3.27. The van der Waals surface area contributed by atoms with Crippen LogP contribution in [-0.2, 0) is 14.4 Å². The number of carbonyl (C=O) groups excluding carboxylic acids is 3. The third-order valence-electron chi connectivity index (χ3n) is 6.00. The number of hydrogen-bond donors (Lipinski definition) is 3. The summed E-state index contributed by atoms with van der Waals surface area (Å²) in [6.07, 6.45) is 6.25. The average molecular weight is 418 g/mol. The minimum atomic E-state index is -0.589. The number of primary amides is 1. The van der Waals surface area contributed by atoms with Crippen molar-refractivity contribution < 1.29 is 14.4 Å². The molecule has 6 nitrogen and oxygen atoms in total. The molecule has 26 heavy (non-hydrogen) atoms. The van der Waals surface area contributed by atoms with E-state index in [1.165, 1.54) is 0 Å². The van der Waals surface area contributed by atoms with Crippen molar-refractivity contribution in [1.82, 2.24) is 5.32 Å². The summed E-state index contributed by atoms with van der Waals surface area (Å²) in [5, 5.41) is 5.54. The largest absolute Gasteiger partial charge is 0.368 e. The van der Waals surface area contributed by atoms with E-state index in [0.717, 1.165) is 17.3 Å². The first-order valence-corrected chi connectivity index (χ1v) is 9.52. The molecule has 2 fully saturated rings. The van der Waals surface area contributed by atoms with Crippen molar-refractivity contribution in [3.8, 4) is 0 Å². The Labute approximate surface area is 159 Å². The predicted octanol–water partition coefficient (Wildman–Crippen LogP) is 1.82. The zero-order valence-electron chi connectivity index (χ0n) is 14.1. The zero-order chi connectivity index (χ0) is 18.5. The van der Waals surface area contributed by atoms with Gasteiger partial charge < -0.3 is 16.4 Å². The molecule has 1 spiro atoms. The molecule has 1 aromatic carbocycles. The fourth-order valence-electron chi connectivity index (χ4n) is 4.76. The van der Waals surface area contributed by atoms with Crippen LogP contribution < -0.4 is 16.4 Å². The number of halogens is 1. The number of nitrogens with two attached hydrogens (primary N) is 1. The molecule has 0 aliphatic heterocycles. The van der Waals surface area contributed by atoms with Crippen molar-refractivity contribution in [1.29, 1.82) is 0 Å². The molecule has 0 heterocycles. The van der Waals surface area contributed by atoms with Crippen LogP contribution in [0.5, 0.6) is 0 Å². The van der Waals surface area contributed by atoms with E-state index < -0.39 is 17.7 Å². The summed E-state index contributed by atoms with van der Waals surface area (Å²) in [6.45, 7) is -0.204. The van der Waals surface area contributed by atoms with Crippen LogP contribution in [0.1, 0.15) is 12.8 Å². The number of benzene rings is 1. The molecule has 136 valence electrons. The lowest BCUT2D eigenvalue weighted by Crippen LogP contribution is -2.44. The number of carbonyl (C=O) groups is 3. The molecule has 3 aliphatic carbocycles. The third-order valence-corrected chi connectivity index (χ3v) is 6.52. The van der Waals surface area contributed by atoms with Gasteiger partial charge >= 0.3 is 0 Å². The number of anilines is 1. The van der Waals surface area contributed by atoms with Crippen LogP contribution in [0.3, 0.4) is 0 Å². The van der Waals surface area contributed by atoms with Gasteiger partial charge in [-0.1, -0.05) is 28.1 Å². The molecular weight excluding hydrogens is 398 g/mol. The van der Waals surface area contributed by atoms with Gasteiger partial charge in [-0.25, -0.2) is 0 Å². The lowest BCUT2D eigenvalue weighted by Gasteiger charge is -2.26. The third kappa shape index (κ3) is 2.74. The van der Waals surface area contributed by atoms with Gasteiger partial charge in [0, 0.05) is 10.2 Å².